The van der Waals surface area contributed by atoms with Gasteiger partial charge in [0.05, 0.1) is 20.3 Å². The average molecular weight is 418 g/mol. The van der Waals surface area contributed by atoms with Crippen molar-refractivity contribution in [3.63, 3.8) is 0 Å². The van der Waals surface area contributed by atoms with Crippen molar-refractivity contribution >= 4 is 27.1 Å². The summed E-state index contributed by atoms with van der Waals surface area (Å²) in [7, 11) is -2.15. The Morgan fingerprint density at radius 1 is 1.21 bits per heavy atom. The van der Waals surface area contributed by atoms with Gasteiger partial charge < -0.3 is 16.0 Å². The van der Waals surface area contributed by atoms with Gasteiger partial charge in [0.15, 0.2) is 0 Å². The van der Waals surface area contributed by atoms with Crippen LogP contribution < -0.4 is 11.1 Å². The van der Waals surface area contributed by atoms with Crippen LogP contribution in [-0.2, 0) is 9.84 Å². The predicted molar refractivity (Wildman–Crippen MR) is 108 cm³/mol. The third-order valence-corrected chi connectivity index (χ3v) is 6.81. The number of sulfone groups is 1. The highest BCUT2D eigenvalue weighted by Gasteiger charge is 2.27. The number of nitrogens with zero attached hydrogens (tertiary/aromatic N) is 2. The molecule has 1 saturated heterocycles. The smallest absolute Gasteiger partial charge is 0.293 e. The lowest BCUT2D eigenvalue weighted by Crippen LogP contribution is -2.36. The van der Waals surface area contributed by atoms with E-state index in [9.17, 15) is 23.3 Å². The zero-order valence-corrected chi connectivity index (χ0v) is 16.7. The number of hydrogen-bond donors (Lipinski definition) is 2. The molecule has 0 radical (unpaired) electrons. The maximum atomic E-state index is 13.0. The van der Waals surface area contributed by atoms with E-state index in [1.807, 2.05) is 7.05 Å². The van der Waals surface area contributed by atoms with E-state index in [2.05, 4.69) is 10.2 Å². The molecule has 0 atom stereocenters. The Kier molecular flexibility index (Phi) is 5.85. The average Bonchev–Trinajstić information content (AvgIpc) is 2.69. The van der Waals surface area contributed by atoms with Crippen LogP contribution in [0.1, 0.15) is 23.2 Å². The zero-order valence-electron chi connectivity index (χ0n) is 15.9. The van der Waals surface area contributed by atoms with Crippen molar-refractivity contribution in [3.8, 4) is 0 Å². The van der Waals surface area contributed by atoms with Crippen LogP contribution in [-0.4, -0.2) is 50.3 Å². The predicted octanol–water partition coefficient (Wildman–Crippen LogP) is 2.03. The van der Waals surface area contributed by atoms with Crippen LogP contribution in [0.25, 0.3) is 0 Å². The summed E-state index contributed by atoms with van der Waals surface area (Å²) in [5, 5.41) is 14.8. The fraction of sp³-hybridized carbons (Fsp3) is 0.316. The van der Waals surface area contributed by atoms with Crippen molar-refractivity contribution in [3.05, 3.63) is 58.1 Å². The van der Waals surface area contributed by atoms with Crippen LogP contribution in [0, 0.1) is 10.1 Å². The van der Waals surface area contributed by atoms with Gasteiger partial charge >= 0.3 is 0 Å². The largest absolute Gasteiger partial charge is 0.377 e. The number of nitro groups is 1. The molecule has 3 N–H and O–H groups in total. The molecule has 3 rings (SSSR count). The normalized spacial score (nSPS) is 15.8. The SMILES string of the molecule is CN1CCC(Nc2ccc(S(=O)(=O)c3ccccc3C(N)=O)cc2[N+](=O)[O-])CC1. The molecule has 29 heavy (non-hydrogen) atoms. The summed E-state index contributed by atoms with van der Waals surface area (Å²) in [4.78, 5) is 24.2. The second-order valence-electron chi connectivity index (χ2n) is 7.02. The third kappa shape index (κ3) is 4.38. The molecular formula is C19H22N4O5S. The summed E-state index contributed by atoms with van der Waals surface area (Å²) in [6.45, 7) is 1.75. The molecule has 154 valence electrons. The van der Waals surface area contributed by atoms with Gasteiger partial charge in [0.1, 0.15) is 5.69 Å². The second kappa shape index (κ2) is 8.18. The molecule has 1 amide bonds. The minimum Gasteiger partial charge on any atom is -0.377 e. The standard InChI is InChI=1S/C19H22N4O5S/c1-22-10-8-13(9-11-22)21-16-7-6-14(12-17(16)23(25)26)29(27,28)18-5-3-2-4-15(18)19(20)24/h2-7,12-13,21H,8-11H2,1H3,(H2,20,24). The van der Waals surface area contributed by atoms with Gasteiger partial charge in [-0.3, -0.25) is 14.9 Å². The number of anilines is 1. The minimum atomic E-state index is -4.17. The lowest BCUT2D eigenvalue weighted by molar-refractivity contribution is -0.384. The first-order valence-corrected chi connectivity index (χ1v) is 10.6. The molecule has 0 aromatic heterocycles. The molecule has 2 aromatic rings. The molecule has 1 aliphatic heterocycles. The fourth-order valence-electron chi connectivity index (χ4n) is 3.36. The third-order valence-electron chi connectivity index (χ3n) is 5.00. The van der Waals surface area contributed by atoms with Gasteiger partial charge in [-0.05, 0) is 57.2 Å². The lowest BCUT2D eigenvalue weighted by Gasteiger charge is -2.30. The summed E-state index contributed by atoms with van der Waals surface area (Å²) >= 11 is 0. The summed E-state index contributed by atoms with van der Waals surface area (Å²) in [5.41, 5.74) is 5.06. The zero-order chi connectivity index (χ0) is 21.2. The number of amides is 1. The number of hydrogen-bond acceptors (Lipinski definition) is 7. The van der Waals surface area contributed by atoms with Crippen molar-refractivity contribution in [2.24, 2.45) is 5.73 Å². The molecule has 2 aromatic carbocycles. The number of nitrogens with two attached hydrogens (primary N) is 1. The number of rotatable bonds is 6. The van der Waals surface area contributed by atoms with E-state index < -0.39 is 20.7 Å². The number of carbonyl (C=O) groups excluding carboxylic acids is 1. The molecule has 0 spiro atoms. The molecule has 9 nitrogen and oxygen atoms in total. The van der Waals surface area contributed by atoms with E-state index in [1.165, 1.54) is 36.4 Å². The van der Waals surface area contributed by atoms with E-state index >= 15 is 0 Å². The van der Waals surface area contributed by atoms with Gasteiger partial charge in [0, 0.05) is 12.1 Å². The van der Waals surface area contributed by atoms with Crippen molar-refractivity contribution in [1.29, 1.82) is 0 Å². The van der Waals surface area contributed by atoms with Crippen LogP contribution in [0.4, 0.5) is 11.4 Å². The van der Waals surface area contributed by atoms with E-state index in [0.29, 0.717) is 0 Å². The van der Waals surface area contributed by atoms with Crippen LogP contribution in [0.3, 0.4) is 0 Å². The fourth-order valence-corrected chi connectivity index (χ4v) is 4.84. The Hall–Kier alpha value is -2.98. The molecule has 0 bridgehead atoms. The Balaban J connectivity index is 1.98. The van der Waals surface area contributed by atoms with Crippen molar-refractivity contribution in [2.75, 3.05) is 25.5 Å². The van der Waals surface area contributed by atoms with Crippen molar-refractivity contribution in [1.82, 2.24) is 4.90 Å². The van der Waals surface area contributed by atoms with E-state index in [1.54, 1.807) is 0 Å². The van der Waals surface area contributed by atoms with Gasteiger partial charge in [0.2, 0.25) is 15.7 Å². The Bertz CT molecular complexity index is 1050. The summed E-state index contributed by atoms with van der Waals surface area (Å²) in [6, 6.07) is 9.31. The van der Waals surface area contributed by atoms with Crippen molar-refractivity contribution in [2.45, 2.75) is 28.7 Å². The molecule has 0 aliphatic carbocycles. The van der Waals surface area contributed by atoms with E-state index in [4.69, 9.17) is 5.73 Å². The summed E-state index contributed by atoms with van der Waals surface area (Å²) < 4.78 is 26.0. The first-order valence-electron chi connectivity index (χ1n) is 9.07. The van der Waals surface area contributed by atoms with E-state index in [0.717, 1.165) is 32.0 Å². The molecular weight excluding hydrogens is 396 g/mol. The highest BCUT2D eigenvalue weighted by atomic mass is 32.2. The van der Waals surface area contributed by atoms with Crippen LogP contribution >= 0.6 is 0 Å². The Labute approximate surface area is 168 Å². The number of carbonyl (C=O) groups is 1. The van der Waals surface area contributed by atoms with E-state index in [-0.39, 0.29) is 32.8 Å². The van der Waals surface area contributed by atoms with Crippen LogP contribution in [0.15, 0.2) is 52.3 Å². The molecule has 1 fully saturated rings. The molecule has 0 unspecified atom stereocenters. The number of benzene rings is 2. The topological polar surface area (TPSA) is 136 Å². The molecule has 1 aliphatic rings. The maximum Gasteiger partial charge on any atom is 0.293 e. The second-order valence-corrected chi connectivity index (χ2v) is 8.94. The Morgan fingerprint density at radius 2 is 1.86 bits per heavy atom. The maximum absolute atomic E-state index is 13.0. The highest BCUT2D eigenvalue weighted by molar-refractivity contribution is 7.91. The van der Waals surface area contributed by atoms with Gasteiger partial charge in [-0.25, -0.2) is 8.42 Å². The number of likely N-dealkylation sites (tertiary alicyclic amines) is 1. The van der Waals surface area contributed by atoms with Gasteiger partial charge in [-0.1, -0.05) is 12.1 Å². The van der Waals surface area contributed by atoms with Gasteiger partial charge in [-0.15, -0.1) is 0 Å². The van der Waals surface area contributed by atoms with Crippen LogP contribution in [0.5, 0.6) is 0 Å². The highest BCUT2D eigenvalue weighted by Crippen LogP contribution is 2.32. The summed E-state index contributed by atoms with van der Waals surface area (Å²) in [6.07, 6.45) is 1.67. The van der Waals surface area contributed by atoms with Gasteiger partial charge in [-0.2, -0.15) is 0 Å². The first-order chi connectivity index (χ1) is 13.7. The lowest BCUT2D eigenvalue weighted by atomic mass is 10.1. The number of piperidine rings is 1. The molecule has 1 heterocycles. The molecule has 0 saturated carbocycles. The minimum absolute atomic E-state index is 0.0722. The first kappa shape index (κ1) is 20.7. The monoisotopic (exact) mass is 418 g/mol. The van der Waals surface area contributed by atoms with Gasteiger partial charge in [0.25, 0.3) is 5.69 Å². The number of primary amides is 1. The number of nitro benzene ring substituents is 1. The van der Waals surface area contributed by atoms with Crippen molar-refractivity contribution < 1.29 is 18.1 Å². The van der Waals surface area contributed by atoms with Crippen LogP contribution in [0.2, 0.25) is 0 Å². The Morgan fingerprint density at radius 3 is 2.48 bits per heavy atom. The quantitative estimate of drug-likeness (QED) is 0.541. The number of nitrogens with one attached hydrogen (secondary N) is 1. The summed E-state index contributed by atoms with van der Waals surface area (Å²) in [5.74, 6) is -0.890. The molecule has 10 heteroatoms.